The van der Waals surface area contributed by atoms with Crippen molar-refractivity contribution in [2.45, 2.75) is 58.5 Å². The number of nitrogens with one attached hydrogen (secondary N) is 1. The predicted molar refractivity (Wildman–Crippen MR) is 142 cm³/mol. The van der Waals surface area contributed by atoms with Gasteiger partial charge < -0.3 is 14.6 Å². The highest BCUT2D eigenvalue weighted by molar-refractivity contribution is 5.94. The first kappa shape index (κ1) is 24.5. The first-order valence-electron chi connectivity index (χ1n) is 12.4. The van der Waals surface area contributed by atoms with Gasteiger partial charge in [0.25, 0.3) is 5.91 Å². The number of amides is 1. The summed E-state index contributed by atoms with van der Waals surface area (Å²) >= 11 is 0. The van der Waals surface area contributed by atoms with Gasteiger partial charge in [0.2, 0.25) is 0 Å². The molecule has 4 rings (SSSR count). The molecule has 0 fully saturated rings. The van der Waals surface area contributed by atoms with Crippen LogP contribution in [0.2, 0.25) is 0 Å². The van der Waals surface area contributed by atoms with Crippen LogP contribution in [0, 0.1) is 0 Å². The molecular weight excluding hydrogens is 434 g/mol. The van der Waals surface area contributed by atoms with E-state index in [1.165, 1.54) is 5.56 Å². The zero-order chi connectivity index (χ0) is 24.8. The van der Waals surface area contributed by atoms with E-state index in [0.717, 1.165) is 42.0 Å². The molecule has 0 saturated carbocycles. The highest BCUT2D eigenvalue weighted by atomic mass is 16.5. The van der Waals surface area contributed by atoms with Gasteiger partial charge in [-0.2, -0.15) is 0 Å². The highest BCUT2D eigenvalue weighted by Crippen LogP contribution is 2.25. The maximum Gasteiger partial charge on any atom is 0.251 e. The summed E-state index contributed by atoms with van der Waals surface area (Å²) in [7, 11) is 0. The van der Waals surface area contributed by atoms with Crippen LogP contribution in [0.25, 0.3) is 11.0 Å². The zero-order valence-electron chi connectivity index (χ0n) is 21.1. The van der Waals surface area contributed by atoms with E-state index in [0.29, 0.717) is 12.2 Å². The lowest BCUT2D eigenvalue weighted by Gasteiger charge is -2.19. The molecule has 0 aliphatic carbocycles. The van der Waals surface area contributed by atoms with Gasteiger partial charge in [0.15, 0.2) is 0 Å². The van der Waals surface area contributed by atoms with E-state index in [-0.39, 0.29) is 17.4 Å². The second-order valence-electron chi connectivity index (χ2n) is 10.0. The number of benzene rings is 3. The number of hydrogen-bond acceptors (Lipinski definition) is 3. The highest BCUT2D eigenvalue weighted by Gasteiger charge is 2.19. The number of imidazole rings is 1. The predicted octanol–water partition coefficient (Wildman–Crippen LogP) is 6.68. The Balaban J connectivity index is 1.38. The van der Waals surface area contributed by atoms with E-state index >= 15 is 0 Å². The molecule has 1 N–H and O–H groups in total. The van der Waals surface area contributed by atoms with Gasteiger partial charge in [0.05, 0.1) is 23.7 Å². The van der Waals surface area contributed by atoms with Crippen LogP contribution < -0.4 is 10.1 Å². The lowest BCUT2D eigenvalue weighted by Crippen LogP contribution is -2.28. The maximum atomic E-state index is 12.7. The third-order valence-electron chi connectivity index (χ3n) is 6.22. The van der Waals surface area contributed by atoms with E-state index in [1.54, 1.807) is 0 Å². The van der Waals surface area contributed by atoms with Crippen LogP contribution in [0.4, 0.5) is 0 Å². The normalized spacial score (nSPS) is 12.5. The molecule has 1 atom stereocenters. The van der Waals surface area contributed by atoms with Crippen molar-refractivity contribution in [2.24, 2.45) is 0 Å². The molecule has 1 aromatic heterocycles. The lowest BCUT2D eigenvalue weighted by atomic mass is 9.87. The van der Waals surface area contributed by atoms with Crippen LogP contribution in [-0.4, -0.2) is 22.1 Å². The fourth-order valence-electron chi connectivity index (χ4n) is 4.21. The SMILES string of the molecule is CC(NC(=O)c1ccccc1)c1nc2ccccc2n1CCCCOc1ccc(C(C)(C)C)cc1. The van der Waals surface area contributed by atoms with Crippen LogP contribution in [0.5, 0.6) is 5.75 Å². The van der Waals surface area contributed by atoms with Crippen molar-refractivity contribution in [3.8, 4) is 5.75 Å². The van der Waals surface area contributed by atoms with E-state index in [9.17, 15) is 4.79 Å². The van der Waals surface area contributed by atoms with Crippen molar-refractivity contribution in [1.29, 1.82) is 0 Å². The molecule has 4 aromatic rings. The fraction of sp³-hybridized carbons (Fsp3) is 0.333. The lowest BCUT2D eigenvalue weighted by molar-refractivity contribution is 0.0937. The molecule has 0 saturated heterocycles. The first-order chi connectivity index (χ1) is 16.8. The number of carbonyl (C=O) groups is 1. The van der Waals surface area contributed by atoms with Crippen LogP contribution >= 0.6 is 0 Å². The summed E-state index contributed by atoms with van der Waals surface area (Å²) in [5.74, 6) is 1.68. The van der Waals surface area contributed by atoms with Crippen molar-refractivity contribution >= 4 is 16.9 Å². The third-order valence-corrected chi connectivity index (χ3v) is 6.22. The van der Waals surface area contributed by atoms with E-state index < -0.39 is 0 Å². The second kappa shape index (κ2) is 10.8. The Hall–Kier alpha value is -3.60. The maximum absolute atomic E-state index is 12.7. The average molecular weight is 470 g/mol. The number of rotatable bonds is 9. The number of fused-ring (bicyclic) bond motifs is 1. The third kappa shape index (κ3) is 6.10. The number of ether oxygens (including phenoxy) is 1. The first-order valence-corrected chi connectivity index (χ1v) is 12.4. The fourth-order valence-corrected chi connectivity index (χ4v) is 4.21. The molecule has 1 unspecified atom stereocenters. The number of aromatic nitrogens is 2. The number of carbonyl (C=O) groups excluding carboxylic acids is 1. The van der Waals surface area contributed by atoms with Gasteiger partial charge in [-0.15, -0.1) is 0 Å². The number of unbranched alkanes of at least 4 members (excludes halogenated alkanes) is 1. The van der Waals surface area contributed by atoms with Crippen LogP contribution in [-0.2, 0) is 12.0 Å². The summed E-state index contributed by atoms with van der Waals surface area (Å²) in [6.45, 7) is 10.1. The van der Waals surface area contributed by atoms with Gasteiger partial charge in [0, 0.05) is 12.1 Å². The molecule has 5 nitrogen and oxygen atoms in total. The zero-order valence-corrected chi connectivity index (χ0v) is 21.1. The smallest absolute Gasteiger partial charge is 0.251 e. The van der Waals surface area contributed by atoms with Crippen molar-refractivity contribution < 1.29 is 9.53 Å². The van der Waals surface area contributed by atoms with Gasteiger partial charge in [-0.25, -0.2) is 4.98 Å². The Morgan fingerprint density at radius 2 is 1.63 bits per heavy atom. The molecule has 0 aliphatic rings. The average Bonchev–Trinajstić information content (AvgIpc) is 3.23. The molecule has 0 aliphatic heterocycles. The number of hydrogen-bond donors (Lipinski definition) is 1. The number of nitrogens with zero attached hydrogens (tertiary/aromatic N) is 2. The van der Waals surface area contributed by atoms with Gasteiger partial charge in [0.1, 0.15) is 11.6 Å². The molecule has 0 spiro atoms. The topological polar surface area (TPSA) is 56.2 Å². The summed E-state index contributed by atoms with van der Waals surface area (Å²) in [4.78, 5) is 17.6. The molecule has 0 radical (unpaired) electrons. The molecule has 182 valence electrons. The molecule has 3 aromatic carbocycles. The molecular formula is C30H35N3O2. The largest absolute Gasteiger partial charge is 0.494 e. The van der Waals surface area contributed by atoms with Crippen molar-refractivity contribution in [3.63, 3.8) is 0 Å². The van der Waals surface area contributed by atoms with Crippen LogP contribution in [0.1, 0.15) is 68.3 Å². The molecule has 5 heteroatoms. The Morgan fingerprint density at radius 3 is 2.34 bits per heavy atom. The van der Waals surface area contributed by atoms with E-state index in [1.807, 2.05) is 55.5 Å². The second-order valence-corrected chi connectivity index (χ2v) is 10.0. The van der Waals surface area contributed by atoms with E-state index in [4.69, 9.17) is 9.72 Å². The molecule has 1 amide bonds. The minimum absolute atomic E-state index is 0.0948. The summed E-state index contributed by atoms with van der Waals surface area (Å²) in [5, 5.41) is 3.10. The number of aryl methyl sites for hydroxylation is 1. The summed E-state index contributed by atoms with van der Waals surface area (Å²) < 4.78 is 8.20. The Kier molecular flexibility index (Phi) is 7.54. The molecule has 1 heterocycles. The van der Waals surface area contributed by atoms with Gasteiger partial charge >= 0.3 is 0 Å². The summed E-state index contributed by atoms with van der Waals surface area (Å²) in [6, 6.07) is 25.6. The Bertz CT molecular complexity index is 1250. The van der Waals surface area contributed by atoms with Crippen molar-refractivity contribution in [1.82, 2.24) is 14.9 Å². The van der Waals surface area contributed by atoms with Crippen molar-refractivity contribution in [2.75, 3.05) is 6.61 Å². The molecule has 35 heavy (non-hydrogen) atoms. The van der Waals surface area contributed by atoms with Gasteiger partial charge in [-0.3, -0.25) is 4.79 Å². The minimum Gasteiger partial charge on any atom is -0.494 e. The van der Waals surface area contributed by atoms with Crippen LogP contribution in [0.15, 0.2) is 78.9 Å². The monoisotopic (exact) mass is 469 g/mol. The quantitative estimate of drug-likeness (QED) is 0.278. The number of para-hydroxylation sites is 2. The van der Waals surface area contributed by atoms with Gasteiger partial charge in [-0.1, -0.05) is 63.2 Å². The minimum atomic E-state index is -0.215. The Labute approximate surface area is 208 Å². The Morgan fingerprint density at radius 1 is 0.943 bits per heavy atom. The van der Waals surface area contributed by atoms with Gasteiger partial charge in [-0.05, 0) is 67.1 Å². The summed E-state index contributed by atoms with van der Waals surface area (Å²) in [5.41, 5.74) is 4.12. The van der Waals surface area contributed by atoms with Crippen molar-refractivity contribution in [3.05, 3.63) is 95.8 Å². The molecule has 0 bridgehead atoms. The van der Waals surface area contributed by atoms with E-state index in [2.05, 4.69) is 61.0 Å². The standard InChI is InChI=1S/C30H35N3O2/c1-22(31-29(34)23-12-6-5-7-13-23)28-32-26-14-8-9-15-27(26)33(28)20-10-11-21-35-25-18-16-24(17-19-25)30(2,3)4/h5-9,12-19,22H,10-11,20-21H2,1-4H3,(H,31,34). The summed E-state index contributed by atoms with van der Waals surface area (Å²) in [6.07, 6.45) is 1.88. The van der Waals surface area contributed by atoms with Crippen LogP contribution in [0.3, 0.4) is 0 Å².